The summed E-state index contributed by atoms with van der Waals surface area (Å²) >= 11 is 19.3. The van der Waals surface area contributed by atoms with E-state index >= 15 is 0 Å². The van der Waals surface area contributed by atoms with Gasteiger partial charge < -0.3 is 4.74 Å². The Morgan fingerprint density at radius 2 is 1.75 bits per heavy atom. The van der Waals surface area contributed by atoms with Gasteiger partial charge in [-0.15, -0.1) is 0 Å². The molecule has 0 saturated heterocycles. The first-order valence-electron chi connectivity index (χ1n) is 5.74. The summed E-state index contributed by atoms with van der Waals surface area (Å²) in [4.78, 5) is 4.38. The maximum Gasteiger partial charge on any atom is 0.274 e. The molecule has 2 nitrogen and oxygen atoms in total. The van der Waals surface area contributed by atoms with Crippen molar-refractivity contribution >= 4 is 56.4 Å². The van der Waals surface area contributed by atoms with Gasteiger partial charge in [0.25, 0.3) is 5.19 Å². The van der Waals surface area contributed by atoms with Gasteiger partial charge in [-0.1, -0.05) is 52.2 Å². The zero-order valence-corrected chi connectivity index (χ0v) is 13.2. The Hall–Kier alpha value is -1.000. The van der Waals surface area contributed by atoms with E-state index in [2.05, 4.69) is 4.98 Å². The highest BCUT2D eigenvalue weighted by atomic mass is 35.5. The van der Waals surface area contributed by atoms with Crippen LogP contribution in [0.25, 0.3) is 10.2 Å². The fourth-order valence-electron chi connectivity index (χ4n) is 1.72. The Morgan fingerprint density at radius 1 is 1.00 bits per heavy atom. The molecule has 6 heteroatoms. The van der Waals surface area contributed by atoms with Gasteiger partial charge in [0.05, 0.1) is 10.2 Å². The molecule has 0 saturated carbocycles. The molecule has 0 aliphatic rings. The molecule has 0 amide bonds. The molecular weight excluding hydrogens is 337 g/mol. The van der Waals surface area contributed by atoms with Gasteiger partial charge in [0.2, 0.25) is 0 Å². The minimum atomic E-state index is 0.351. The molecule has 0 unspecified atom stereocenters. The number of hydrogen-bond donors (Lipinski definition) is 0. The SMILES string of the molecule is Clc1ccc(COc2nc3ccc(Cl)cc3s2)c(Cl)c1. The second kappa shape index (κ2) is 5.78. The Bertz CT molecular complexity index is 772. The maximum atomic E-state index is 6.10. The minimum absolute atomic E-state index is 0.351. The van der Waals surface area contributed by atoms with E-state index in [1.54, 1.807) is 12.1 Å². The van der Waals surface area contributed by atoms with E-state index in [9.17, 15) is 0 Å². The molecule has 0 fully saturated rings. The summed E-state index contributed by atoms with van der Waals surface area (Å²) in [7, 11) is 0. The molecule has 1 aromatic heterocycles. The van der Waals surface area contributed by atoms with Crippen LogP contribution in [-0.2, 0) is 6.61 Å². The third kappa shape index (κ3) is 3.01. The molecule has 1 heterocycles. The summed E-state index contributed by atoms with van der Waals surface area (Å²) in [6.07, 6.45) is 0. The predicted molar refractivity (Wildman–Crippen MR) is 85.4 cm³/mol. The number of ether oxygens (including phenoxy) is 1. The van der Waals surface area contributed by atoms with E-state index < -0.39 is 0 Å². The third-order valence-electron chi connectivity index (χ3n) is 2.70. The quantitative estimate of drug-likeness (QED) is 0.596. The molecule has 0 aliphatic carbocycles. The molecule has 3 rings (SSSR count). The van der Waals surface area contributed by atoms with Crippen molar-refractivity contribution < 1.29 is 4.74 Å². The van der Waals surface area contributed by atoms with Crippen LogP contribution in [-0.4, -0.2) is 4.98 Å². The van der Waals surface area contributed by atoms with Crippen LogP contribution in [0.5, 0.6) is 5.19 Å². The van der Waals surface area contributed by atoms with Crippen molar-refractivity contribution in [1.82, 2.24) is 4.98 Å². The van der Waals surface area contributed by atoms with Crippen LogP contribution in [0.1, 0.15) is 5.56 Å². The Balaban J connectivity index is 1.79. The van der Waals surface area contributed by atoms with Crippen LogP contribution in [0, 0.1) is 0 Å². The first kappa shape index (κ1) is 14.0. The second-order valence-electron chi connectivity index (χ2n) is 4.12. The normalized spacial score (nSPS) is 10.9. The van der Waals surface area contributed by atoms with Gasteiger partial charge in [0.15, 0.2) is 0 Å². The molecule has 3 aromatic rings. The van der Waals surface area contributed by atoms with Crippen molar-refractivity contribution in [3.63, 3.8) is 0 Å². The molecule has 20 heavy (non-hydrogen) atoms. The largest absolute Gasteiger partial charge is 0.465 e. The van der Waals surface area contributed by atoms with Crippen molar-refractivity contribution in [2.24, 2.45) is 0 Å². The van der Waals surface area contributed by atoms with Gasteiger partial charge in [-0.25, -0.2) is 4.98 Å². The van der Waals surface area contributed by atoms with E-state index in [1.807, 2.05) is 24.3 Å². The van der Waals surface area contributed by atoms with Gasteiger partial charge in [0.1, 0.15) is 6.61 Å². The number of nitrogens with zero attached hydrogens (tertiary/aromatic N) is 1. The van der Waals surface area contributed by atoms with Gasteiger partial charge in [-0.3, -0.25) is 0 Å². The summed E-state index contributed by atoms with van der Waals surface area (Å²) in [5, 5.41) is 2.47. The molecular formula is C14H8Cl3NOS. The van der Waals surface area contributed by atoms with Crippen LogP contribution in [0.15, 0.2) is 36.4 Å². The first-order valence-corrected chi connectivity index (χ1v) is 7.70. The third-order valence-corrected chi connectivity index (χ3v) is 4.45. The van der Waals surface area contributed by atoms with Gasteiger partial charge >= 0.3 is 0 Å². The lowest BCUT2D eigenvalue weighted by Crippen LogP contribution is -1.95. The Kier molecular flexibility index (Phi) is 4.03. The van der Waals surface area contributed by atoms with Crippen LogP contribution in [0.4, 0.5) is 0 Å². The minimum Gasteiger partial charge on any atom is -0.465 e. The van der Waals surface area contributed by atoms with Gasteiger partial charge in [-0.05, 0) is 30.3 Å². The summed E-state index contributed by atoms with van der Waals surface area (Å²) in [5.41, 5.74) is 1.74. The average molecular weight is 345 g/mol. The van der Waals surface area contributed by atoms with Gasteiger partial charge in [0, 0.05) is 20.6 Å². The molecule has 0 atom stereocenters. The van der Waals surface area contributed by atoms with E-state index in [1.165, 1.54) is 11.3 Å². The van der Waals surface area contributed by atoms with Gasteiger partial charge in [-0.2, -0.15) is 0 Å². The van der Waals surface area contributed by atoms with Crippen molar-refractivity contribution in [2.45, 2.75) is 6.61 Å². The summed E-state index contributed by atoms with van der Waals surface area (Å²) in [5.74, 6) is 0. The fourth-order valence-corrected chi connectivity index (χ4v) is 3.27. The first-order chi connectivity index (χ1) is 9.61. The van der Waals surface area contributed by atoms with Crippen LogP contribution >= 0.6 is 46.1 Å². The highest BCUT2D eigenvalue weighted by Gasteiger charge is 2.07. The number of halogens is 3. The van der Waals surface area contributed by atoms with Crippen LogP contribution in [0.3, 0.4) is 0 Å². The Morgan fingerprint density at radius 3 is 2.55 bits per heavy atom. The van der Waals surface area contributed by atoms with E-state index in [4.69, 9.17) is 39.5 Å². The fraction of sp³-hybridized carbons (Fsp3) is 0.0714. The second-order valence-corrected chi connectivity index (χ2v) is 6.39. The highest BCUT2D eigenvalue weighted by Crippen LogP contribution is 2.31. The highest BCUT2D eigenvalue weighted by molar-refractivity contribution is 7.20. The maximum absolute atomic E-state index is 6.10. The summed E-state index contributed by atoms with van der Waals surface area (Å²) < 4.78 is 6.67. The zero-order chi connectivity index (χ0) is 14.1. The average Bonchev–Trinajstić information content (AvgIpc) is 2.79. The molecule has 0 spiro atoms. The Labute approximate surface area is 134 Å². The van der Waals surface area contributed by atoms with Crippen molar-refractivity contribution in [2.75, 3.05) is 0 Å². The number of hydrogen-bond acceptors (Lipinski definition) is 3. The number of rotatable bonds is 3. The smallest absolute Gasteiger partial charge is 0.274 e. The molecule has 2 aromatic carbocycles. The van der Waals surface area contributed by atoms with Crippen molar-refractivity contribution in [3.8, 4) is 5.19 Å². The lowest BCUT2D eigenvalue weighted by atomic mass is 10.2. The lowest BCUT2D eigenvalue weighted by molar-refractivity contribution is 0.305. The van der Waals surface area contributed by atoms with Crippen LogP contribution in [0.2, 0.25) is 15.1 Å². The van der Waals surface area contributed by atoms with Crippen molar-refractivity contribution in [1.29, 1.82) is 0 Å². The molecule has 0 radical (unpaired) electrons. The number of aromatic nitrogens is 1. The van der Waals surface area contributed by atoms with Crippen molar-refractivity contribution in [3.05, 3.63) is 57.0 Å². The number of thiazole rings is 1. The van der Waals surface area contributed by atoms with E-state index in [-0.39, 0.29) is 0 Å². The monoisotopic (exact) mass is 343 g/mol. The zero-order valence-electron chi connectivity index (χ0n) is 10.1. The summed E-state index contributed by atoms with van der Waals surface area (Å²) in [6, 6.07) is 10.9. The van der Waals surface area contributed by atoms with Crippen LogP contribution < -0.4 is 4.74 Å². The standard InChI is InChI=1S/C14H8Cl3NOS/c15-9-2-1-8(11(17)5-9)7-19-14-18-12-4-3-10(16)6-13(12)20-14/h1-6H,7H2. The van der Waals surface area contributed by atoms with E-state index in [0.717, 1.165) is 15.8 Å². The molecule has 102 valence electrons. The number of benzene rings is 2. The molecule has 0 bridgehead atoms. The molecule has 0 N–H and O–H groups in total. The predicted octanol–water partition coefficient (Wildman–Crippen LogP) is 5.84. The van der Waals surface area contributed by atoms with E-state index in [0.29, 0.717) is 26.9 Å². The lowest BCUT2D eigenvalue weighted by Gasteiger charge is -2.04. The topological polar surface area (TPSA) is 22.1 Å². The number of fused-ring (bicyclic) bond motifs is 1. The molecule has 0 aliphatic heterocycles. The summed E-state index contributed by atoms with van der Waals surface area (Å²) in [6.45, 7) is 0.351.